The molecule has 0 aliphatic carbocycles. The molecule has 0 atom stereocenters. The van der Waals surface area contributed by atoms with E-state index < -0.39 is 0 Å². The summed E-state index contributed by atoms with van der Waals surface area (Å²) in [5.41, 5.74) is 4.61. The fraction of sp³-hybridized carbons (Fsp3) is 0.182. The van der Waals surface area contributed by atoms with Crippen molar-refractivity contribution in [3.63, 3.8) is 0 Å². The van der Waals surface area contributed by atoms with Crippen LogP contribution in [0.5, 0.6) is 0 Å². The monoisotopic (exact) mass is 360 g/mol. The number of carbonyl (C=O) groups excluding carboxylic acids is 1. The van der Waals surface area contributed by atoms with Gasteiger partial charge in [0, 0.05) is 37.4 Å². The van der Waals surface area contributed by atoms with Crippen LogP contribution >= 0.6 is 0 Å². The highest BCUT2D eigenvalue weighted by atomic mass is 16.1. The average Bonchev–Trinajstić information content (AvgIpc) is 2.69. The predicted molar refractivity (Wildman–Crippen MR) is 112 cm³/mol. The molecule has 0 fully saturated rings. The van der Waals surface area contributed by atoms with Crippen molar-refractivity contribution in [3.8, 4) is 0 Å². The van der Waals surface area contributed by atoms with E-state index >= 15 is 0 Å². The summed E-state index contributed by atoms with van der Waals surface area (Å²) in [6.07, 6.45) is 2.52. The molecule has 5 nitrogen and oxygen atoms in total. The van der Waals surface area contributed by atoms with E-state index in [1.54, 1.807) is 12.3 Å². The Morgan fingerprint density at radius 2 is 1.74 bits per heavy atom. The molecule has 27 heavy (non-hydrogen) atoms. The number of anilines is 4. The Hall–Kier alpha value is -3.34. The summed E-state index contributed by atoms with van der Waals surface area (Å²) in [6, 6.07) is 19.4. The Morgan fingerprint density at radius 3 is 2.37 bits per heavy atom. The Balaban J connectivity index is 1.66. The lowest BCUT2D eigenvalue weighted by atomic mass is 10.1. The fourth-order valence-corrected chi connectivity index (χ4v) is 2.74. The van der Waals surface area contributed by atoms with Gasteiger partial charge in [-0.2, -0.15) is 0 Å². The molecule has 0 bridgehead atoms. The van der Waals surface area contributed by atoms with Crippen LogP contribution in [0.1, 0.15) is 22.8 Å². The van der Waals surface area contributed by atoms with Crippen LogP contribution in [0.3, 0.4) is 0 Å². The minimum atomic E-state index is -0.180. The zero-order chi connectivity index (χ0) is 19.2. The zero-order valence-electron chi connectivity index (χ0n) is 15.9. The Labute approximate surface area is 160 Å². The van der Waals surface area contributed by atoms with Gasteiger partial charge in [0.25, 0.3) is 5.91 Å². The summed E-state index contributed by atoms with van der Waals surface area (Å²) in [5, 5.41) is 6.20. The fourth-order valence-electron chi connectivity index (χ4n) is 2.74. The molecule has 3 rings (SSSR count). The molecule has 5 heteroatoms. The Bertz CT molecular complexity index is 902. The van der Waals surface area contributed by atoms with E-state index in [9.17, 15) is 4.79 Å². The maximum absolute atomic E-state index is 12.4. The van der Waals surface area contributed by atoms with Crippen molar-refractivity contribution in [2.45, 2.75) is 13.3 Å². The Morgan fingerprint density at radius 1 is 1.00 bits per heavy atom. The highest BCUT2D eigenvalue weighted by Crippen LogP contribution is 2.20. The molecule has 138 valence electrons. The van der Waals surface area contributed by atoms with Gasteiger partial charge in [-0.05, 0) is 54.4 Å². The molecule has 2 N–H and O–H groups in total. The predicted octanol–water partition coefficient (Wildman–Crippen LogP) is 4.71. The van der Waals surface area contributed by atoms with Crippen LogP contribution in [0.2, 0.25) is 0 Å². The second kappa shape index (κ2) is 8.36. The van der Waals surface area contributed by atoms with Gasteiger partial charge < -0.3 is 15.5 Å². The van der Waals surface area contributed by atoms with E-state index in [4.69, 9.17) is 0 Å². The van der Waals surface area contributed by atoms with Crippen LogP contribution in [0.25, 0.3) is 0 Å². The lowest BCUT2D eigenvalue weighted by Crippen LogP contribution is -2.13. The van der Waals surface area contributed by atoms with Gasteiger partial charge >= 0.3 is 0 Å². The highest BCUT2D eigenvalue weighted by Gasteiger charge is 2.08. The normalized spacial score (nSPS) is 10.3. The van der Waals surface area contributed by atoms with Crippen molar-refractivity contribution in [1.82, 2.24) is 4.98 Å². The van der Waals surface area contributed by atoms with Crippen molar-refractivity contribution in [1.29, 1.82) is 0 Å². The first kappa shape index (κ1) is 18.5. The van der Waals surface area contributed by atoms with Crippen molar-refractivity contribution < 1.29 is 4.79 Å². The summed E-state index contributed by atoms with van der Waals surface area (Å²) < 4.78 is 0. The second-order valence-electron chi connectivity index (χ2n) is 6.46. The number of benzene rings is 2. The molecule has 3 aromatic rings. The maximum atomic E-state index is 12.4. The third kappa shape index (κ3) is 4.64. The summed E-state index contributed by atoms with van der Waals surface area (Å²) in [4.78, 5) is 18.8. The van der Waals surface area contributed by atoms with Crippen molar-refractivity contribution >= 4 is 28.8 Å². The highest BCUT2D eigenvalue weighted by molar-refractivity contribution is 6.04. The Kier molecular flexibility index (Phi) is 5.71. The average molecular weight is 360 g/mol. The van der Waals surface area contributed by atoms with Crippen LogP contribution in [-0.2, 0) is 6.42 Å². The summed E-state index contributed by atoms with van der Waals surface area (Å²) >= 11 is 0. The molecular weight excluding hydrogens is 336 g/mol. The number of carbonyl (C=O) groups is 1. The molecule has 2 aromatic carbocycles. The molecular formula is C22H24N4O. The molecule has 1 amide bonds. The molecule has 1 heterocycles. The summed E-state index contributed by atoms with van der Waals surface area (Å²) in [5.74, 6) is 0.531. The number of hydrogen-bond donors (Lipinski definition) is 2. The minimum absolute atomic E-state index is 0.180. The first-order chi connectivity index (χ1) is 13.1. The second-order valence-corrected chi connectivity index (χ2v) is 6.46. The van der Waals surface area contributed by atoms with E-state index in [0.717, 1.165) is 23.5 Å². The molecule has 0 unspecified atom stereocenters. The SMILES string of the molecule is CCc1ccccc1Nc1ccc(C(=O)Nc2ccc(N(C)C)cc2)cn1. The number of pyridine rings is 1. The molecule has 0 aliphatic rings. The van der Waals surface area contributed by atoms with Gasteiger partial charge in [-0.15, -0.1) is 0 Å². The van der Waals surface area contributed by atoms with Crippen LogP contribution in [0, 0.1) is 0 Å². The number of rotatable bonds is 6. The van der Waals surface area contributed by atoms with E-state index in [0.29, 0.717) is 11.4 Å². The van der Waals surface area contributed by atoms with Gasteiger partial charge in [0.2, 0.25) is 0 Å². The van der Waals surface area contributed by atoms with Gasteiger partial charge in [-0.1, -0.05) is 25.1 Å². The van der Waals surface area contributed by atoms with Gasteiger partial charge in [0.15, 0.2) is 0 Å². The number of aromatic nitrogens is 1. The molecule has 0 aliphatic heterocycles. The van der Waals surface area contributed by atoms with E-state index in [1.807, 2.05) is 67.5 Å². The standard InChI is InChI=1S/C22H24N4O/c1-4-16-7-5-6-8-20(16)25-21-14-9-17(15-23-21)22(27)24-18-10-12-19(13-11-18)26(2)3/h5-15H,4H2,1-3H3,(H,23,25)(H,24,27). The van der Waals surface area contributed by atoms with E-state index in [-0.39, 0.29) is 5.91 Å². The zero-order valence-corrected chi connectivity index (χ0v) is 15.9. The molecule has 0 saturated heterocycles. The van der Waals surface area contributed by atoms with Crippen molar-refractivity contribution in [2.75, 3.05) is 29.6 Å². The molecule has 0 radical (unpaired) electrons. The maximum Gasteiger partial charge on any atom is 0.257 e. The molecule has 0 saturated carbocycles. The minimum Gasteiger partial charge on any atom is -0.378 e. The summed E-state index contributed by atoms with van der Waals surface area (Å²) in [6.45, 7) is 2.12. The molecule has 0 spiro atoms. The van der Waals surface area contributed by atoms with E-state index in [1.165, 1.54) is 5.56 Å². The van der Waals surface area contributed by atoms with Gasteiger partial charge in [0.1, 0.15) is 5.82 Å². The first-order valence-corrected chi connectivity index (χ1v) is 8.96. The first-order valence-electron chi connectivity index (χ1n) is 8.96. The summed E-state index contributed by atoms with van der Waals surface area (Å²) in [7, 11) is 3.96. The van der Waals surface area contributed by atoms with Crippen molar-refractivity contribution in [3.05, 3.63) is 78.0 Å². The number of amides is 1. The van der Waals surface area contributed by atoms with Gasteiger partial charge in [0.05, 0.1) is 5.56 Å². The van der Waals surface area contributed by atoms with Crippen LogP contribution in [-0.4, -0.2) is 25.0 Å². The van der Waals surface area contributed by atoms with Gasteiger partial charge in [-0.25, -0.2) is 4.98 Å². The van der Waals surface area contributed by atoms with Crippen LogP contribution in [0.4, 0.5) is 22.9 Å². The number of para-hydroxylation sites is 1. The lowest BCUT2D eigenvalue weighted by Gasteiger charge is -2.13. The molecule has 1 aromatic heterocycles. The van der Waals surface area contributed by atoms with Crippen LogP contribution < -0.4 is 15.5 Å². The topological polar surface area (TPSA) is 57.3 Å². The number of nitrogens with one attached hydrogen (secondary N) is 2. The number of aryl methyl sites for hydroxylation is 1. The lowest BCUT2D eigenvalue weighted by molar-refractivity contribution is 0.102. The van der Waals surface area contributed by atoms with E-state index in [2.05, 4.69) is 28.6 Å². The third-order valence-corrected chi connectivity index (χ3v) is 4.33. The third-order valence-electron chi connectivity index (χ3n) is 4.33. The quantitative estimate of drug-likeness (QED) is 0.669. The van der Waals surface area contributed by atoms with Crippen LogP contribution in [0.15, 0.2) is 66.9 Å². The van der Waals surface area contributed by atoms with Gasteiger partial charge in [-0.3, -0.25) is 4.79 Å². The van der Waals surface area contributed by atoms with Crippen molar-refractivity contribution in [2.24, 2.45) is 0 Å². The number of nitrogens with zero attached hydrogens (tertiary/aromatic N) is 2. The number of hydrogen-bond acceptors (Lipinski definition) is 4. The smallest absolute Gasteiger partial charge is 0.257 e. The largest absolute Gasteiger partial charge is 0.378 e.